The van der Waals surface area contributed by atoms with E-state index >= 15 is 0 Å². The van der Waals surface area contributed by atoms with Gasteiger partial charge in [-0.3, -0.25) is 14.5 Å². The lowest BCUT2D eigenvalue weighted by Gasteiger charge is -2.21. The second-order valence-electron chi connectivity index (χ2n) is 4.72. The predicted molar refractivity (Wildman–Crippen MR) is 73.9 cm³/mol. The quantitative estimate of drug-likeness (QED) is 0.833. The molecule has 20 heavy (non-hydrogen) atoms. The standard InChI is InChI=1S/C12H12ClN3O3S/c13-9-2-1-8(20-9)11(18)15-4-3-7(6-15)16-10(17)5-14-12(16)19/h1-2,7H,3-6H2,(H,14,19). The van der Waals surface area contributed by atoms with Crippen LogP contribution < -0.4 is 5.32 Å². The van der Waals surface area contributed by atoms with Gasteiger partial charge in [-0.15, -0.1) is 11.3 Å². The molecule has 1 atom stereocenters. The van der Waals surface area contributed by atoms with Crippen molar-refractivity contribution in [2.24, 2.45) is 0 Å². The molecule has 106 valence electrons. The predicted octanol–water partition coefficient (Wildman–Crippen LogP) is 1.17. The third-order valence-electron chi connectivity index (χ3n) is 3.48. The van der Waals surface area contributed by atoms with E-state index in [1.165, 1.54) is 16.2 Å². The number of amides is 4. The smallest absolute Gasteiger partial charge is 0.324 e. The molecule has 2 saturated heterocycles. The van der Waals surface area contributed by atoms with E-state index in [2.05, 4.69) is 5.32 Å². The lowest BCUT2D eigenvalue weighted by atomic mass is 10.2. The van der Waals surface area contributed by atoms with Crippen molar-refractivity contribution in [3.05, 3.63) is 21.3 Å². The molecular formula is C12H12ClN3O3S. The number of nitrogens with one attached hydrogen (secondary N) is 1. The molecule has 4 amide bonds. The van der Waals surface area contributed by atoms with Crippen LogP contribution in [0, 0.1) is 0 Å². The van der Waals surface area contributed by atoms with E-state index in [0.717, 1.165) is 0 Å². The monoisotopic (exact) mass is 313 g/mol. The maximum absolute atomic E-state index is 12.3. The van der Waals surface area contributed by atoms with Crippen molar-refractivity contribution < 1.29 is 14.4 Å². The fourth-order valence-corrected chi connectivity index (χ4v) is 3.54. The summed E-state index contributed by atoms with van der Waals surface area (Å²) in [7, 11) is 0. The summed E-state index contributed by atoms with van der Waals surface area (Å²) in [5.41, 5.74) is 0. The minimum atomic E-state index is -0.367. The van der Waals surface area contributed by atoms with Gasteiger partial charge in [-0.25, -0.2) is 4.79 Å². The number of imide groups is 1. The van der Waals surface area contributed by atoms with Crippen LogP contribution in [0.15, 0.2) is 12.1 Å². The average Bonchev–Trinajstić information content (AvgIpc) is 3.10. The van der Waals surface area contributed by atoms with E-state index in [4.69, 9.17) is 11.6 Å². The first kappa shape index (κ1) is 13.4. The normalized spacial score (nSPS) is 22.6. The van der Waals surface area contributed by atoms with E-state index in [1.807, 2.05) is 0 Å². The van der Waals surface area contributed by atoms with Gasteiger partial charge in [0, 0.05) is 13.1 Å². The zero-order valence-electron chi connectivity index (χ0n) is 10.5. The summed E-state index contributed by atoms with van der Waals surface area (Å²) in [6, 6.07) is 2.78. The Bertz CT molecular complexity index is 572. The second-order valence-corrected chi connectivity index (χ2v) is 6.43. The number of thiophene rings is 1. The molecule has 3 heterocycles. The van der Waals surface area contributed by atoms with Gasteiger partial charge in [0.15, 0.2) is 0 Å². The number of urea groups is 1. The van der Waals surface area contributed by atoms with Crippen LogP contribution in [0.5, 0.6) is 0 Å². The largest absolute Gasteiger partial charge is 0.336 e. The molecule has 0 aromatic carbocycles. The Hall–Kier alpha value is -1.60. The molecule has 6 nitrogen and oxygen atoms in total. The van der Waals surface area contributed by atoms with Gasteiger partial charge in [-0.1, -0.05) is 11.6 Å². The summed E-state index contributed by atoms with van der Waals surface area (Å²) in [5, 5.41) is 2.49. The minimum Gasteiger partial charge on any atom is -0.336 e. The Morgan fingerprint density at radius 3 is 2.80 bits per heavy atom. The molecule has 2 fully saturated rings. The van der Waals surface area contributed by atoms with Crippen LogP contribution >= 0.6 is 22.9 Å². The topological polar surface area (TPSA) is 69.7 Å². The third-order valence-corrected chi connectivity index (χ3v) is 4.70. The van der Waals surface area contributed by atoms with Gasteiger partial charge in [0.25, 0.3) is 5.91 Å². The molecule has 3 rings (SSSR count). The van der Waals surface area contributed by atoms with Crippen LogP contribution in [-0.2, 0) is 4.79 Å². The Kier molecular flexibility index (Phi) is 3.39. The molecule has 0 saturated carbocycles. The van der Waals surface area contributed by atoms with Crippen LogP contribution in [0.25, 0.3) is 0 Å². The fourth-order valence-electron chi connectivity index (χ4n) is 2.53. The molecule has 2 aliphatic heterocycles. The summed E-state index contributed by atoms with van der Waals surface area (Å²) in [5.74, 6) is -0.329. The first-order valence-corrected chi connectivity index (χ1v) is 7.40. The van der Waals surface area contributed by atoms with Crippen molar-refractivity contribution in [3.8, 4) is 0 Å². The Morgan fingerprint density at radius 2 is 2.20 bits per heavy atom. The number of nitrogens with zero attached hydrogens (tertiary/aromatic N) is 2. The number of halogens is 1. The van der Waals surface area contributed by atoms with Crippen LogP contribution in [0.4, 0.5) is 4.79 Å². The fraction of sp³-hybridized carbons (Fsp3) is 0.417. The van der Waals surface area contributed by atoms with E-state index in [-0.39, 0.29) is 30.4 Å². The highest BCUT2D eigenvalue weighted by atomic mass is 35.5. The number of rotatable bonds is 2. The minimum absolute atomic E-state index is 0.0454. The van der Waals surface area contributed by atoms with Crippen LogP contribution in [0.2, 0.25) is 4.34 Å². The maximum atomic E-state index is 12.3. The molecular weight excluding hydrogens is 302 g/mol. The second kappa shape index (κ2) is 5.06. The van der Waals surface area contributed by atoms with E-state index in [9.17, 15) is 14.4 Å². The molecule has 1 unspecified atom stereocenters. The van der Waals surface area contributed by atoms with Crippen molar-refractivity contribution in [2.45, 2.75) is 12.5 Å². The SMILES string of the molecule is O=C(c1ccc(Cl)s1)N1CCC(N2C(=O)CNC2=O)C1. The number of likely N-dealkylation sites (tertiary alicyclic amines) is 1. The van der Waals surface area contributed by atoms with E-state index in [1.54, 1.807) is 17.0 Å². The van der Waals surface area contributed by atoms with E-state index in [0.29, 0.717) is 28.7 Å². The molecule has 1 aromatic heterocycles. The summed E-state index contributed by atoms with van der Waals surface area (Å²) in [6.07, 6.45) is 0.615. The lowest BCUT2D eigenvalue weighted by molar-refractivity contribution is -0.126. The van der Waals surface area contributed by atoms with Crippen molar-refractivity contribution in [1.82, 2.24) is 15.1 Å². The molecule has 0 radical (unpaired) electrons. The third kappa shape index (κ3) is 2.27. The van der Waals surface area contributed by atoms with Gasteiger partial charge in [0.2, 0.25) is 5.91 Å². The summed E-state index contributed by atoms with van der Waals surface area (Å²) in [4.78, 5) is 39.0. The van der Waals surface area contributed by atoms with Crippen molar-refractivity contribution >= 4 is 40.8 Å². The van der Waals surface area contributed by atoms with Crippen molar-refractivity contribution in [3.63, 3.8) is 0 Å². The van der Waals surface area contributed by atoms with Crippen LogP contribution in [-0.4, -0.2) is 53.3 Å². The van der Waals surface area contributed by atoms with Crippen molar-refractivity contribution in [1.29, 1.82) is 0 Å². The Balaban J connectivity index is 1.69. The van der Waals surface area contributed by atoms with Gasteiger partial charge < -0.3 is 10.2 Å². The number of carbonyl (C=O) groups excluding carboxylic acids is 3. The number of carbonyl (C=O) groups is 3. The summed E-state index contributed by atoms with van der Waals surface area (Å²) < 4.78 is 0.568. The van der Waals surface area contributed by atoms with Gasteiger partial charge in [0.05, 0.1) is 21.8 Å². The Labute approximate surface area is 124 Å². The van der Waals surface area contributed by atoms with E-state index < -0.39 is 0 Å². The summed E-state index contributed by atoms with van der Waals surface area (Å²) >= 11 is 7.06. The van der Waals surface area contributed by atoms with Gasteiger partial charge in [0.1, 0.15) is 0 Å². The highest BCUT2D eigenvalue weighted by Gasteiger charge is 2.39. The first-order chi connectivity index (χ1) is 9.56. The first-order valence-electron chi connectivity index (χ1n) is 6.21. The van der Waals surface area contributed by atoms with Gasteiger partial charge >= 0.3 is 6.03 Å². The number of hydrogen-bond acceptors (Lipinski definition) is 4. The molecule has 8 heteroatoms. The zero-order chi connectivity index (χ0) is 14.3. The highest BCUT2D eigenvalue weighted by Crippen LogP contribution is 2.25. The average molecular weight is 314 g/mol. The summed E-state index contributed by atoms with van der Waals surface area (Å²) in [6.45, 7) is 0.966. The van der Waals surface area contributed by atoms with Crippen molar-refractivity contribution in [2.75, 3.05) is 19.6 Å². The zero-order valence-corrected chi connectivity index (χ0v) is 12.0. The highest BCUT2D eigenvalue weighted by molar-refractivity contribution is 7.17. The van der Waals surface area contributed by atoms with Gasteiger partial charge in [-0.2, -0.15) is 0 Å². The number of hydrogen-bond donors (Lipinski definition) is 1. The Morgan fingerprint density at radius 1 is 1.40 bits per heavy atom. The molecule has 0 spiro atoms. The van der Waals surface area contributed by atoms with Crippen LogP contribution in [0.3, 0.4) is 0 Å². The van der Waals surface area contributed by atoms with Crippen LogP contribution in [0.1, 0.15) is 16.1 Å². The lowest BCUT2D eigenvalue weighted by Crippen LogP contribution is -2.42. The molecule has 0 aliphatic carbocycles. The molecule has 2 aliphatic rings. The molecule has 0 bridgehead atoms. The maximum Gasteiger partial charge on any atom is 0.324 e. The van der Waals surface area contributed by atoms with Gasteiger partial charge in [-0.05, 0) is 18.6 Å². The molecule has 1 N–H and O–H groups in total. The molecule has 1 aromatic rings.